The molecule has 1 heterocycles. The van der Waals surface area contributed by atoms with Gasteiger partial charge in [-0.25, -0.2) is 4.99 Å². The van der Waals surface area contributed by atoms with Gasteiger partial charge in [-0.3, -0.25) is 5.41 Å². The van der Waals surface area contributed by atoms with Gasteiger partial charge < -0.3 is 4.42 Å². The second kappa shape index (κ2) is 15.2. The Bertz CT molecular complexity index is 3510. The molecular formula is C58H38N2O. The van der Waals surface area contributed by atoms with Crippen molar-refractivity contribution in [2.24, 2.45) is 4.99 Å². The van der Waals surface area contributed by atoms with Crippen LogP contribution in [0.4, 0.5) is 0 Å². The lowest BCUT2D eigenvalue weighted by Crippen LogP contribution is -2.03. The number of hydrogen-bond acceptors (Lipinski definition) is 2. The Hall–Kier alpha value is -8.14. The molecule has 3 nitrogen and oxygen atoms in total. The average molecular weight is 779 g/mol. The minimum Gasteiger partial charge on any atom is -0.456 e. The molecule has 0 aliphatic rings. The van der Waals surface area contributed by atoms with E-state index < -0.39 is 0 Å². The van der Waals surface area contributed by atoms with Gasteiger partial charge in [0, 0.05) is 21.9 Å². The van der Waals surface area contributed by atoms with Gasteiger partial charge in [0.05, 0.1) is 5.71 Å². The van der Waals surface area contributed by atoms with Crippen LogP contribution < -0.4 is 0 Å². The first-order valence-electron chi connectivity index (χ1n) is 20.6. The summed E-state index contributed by atoms with van der Waals surface area (Å²) >= 11 is 0. The Morgan fingerprint density at radius 2 is 0.984 bits per heavy atom. The molecule has 0 saturated carbocycles. The lowest BCUT2D eigenvalue weighted by Gasteiger charge is -2.19. The van der Waals surface area contributed by atoms with Gasteiger partial charge in [-0.05, 0) is 95.5 Å². The van der Waals surface area contributed by atoms with Crippen LogP contribution in [0.25, 0.3) is 93.7 Å². The lowest BCUT2D eigenvalue weighted by molar-refractivity contribution is 0.669. The Labute approximate surface area is 353 Å². The number of hydrogen-bond donors (Lipinski definition) is 1. The smallest absolute Gasteiger partial charge is 0.152 e. The number of nitrogens with one attached hydrogen (secondary N) is 1. The molecule has 1 aromatic heterocycles. The van der Waals surface area contributed by atoms with Crippen LogP contribution >= 0.6 is 0 Å². The zero-order valence-corrected chi connectivity index (χ0v) is 33.2. The fourth-order valence-electron chi connectivity index (χ4n) is 8.82. The summed E-state index contributed by atoms with van der Waals surface area (Å²) in [5.41, 5.74) is 12.2. The fraction of sp³-hybridized carbons (Fsp3) is 0. The summed E-state index contributed by atoms with van der Waals surface area (Å²) < 4.78 is 6.19. The quantitative estimate of drug-likeness (QED) is 0.0745. The van der Waals surface area contributed by atoms with Crippen molar-refractivity contribution in [3.8, 4) is 33.4 Å². The molecule has 10 aromatic carbocycles. The van der Waals surface area contributed by atoms with Crippen molar-refractivity contribution in [2.75, 3.05) is 0 Å². The van der Waals surface area contributed by atoms with Crippen molar-refractivity contribution in [1.82, 2.24) is 0 Å². The maximum atomic E-state index is 8.94. The number of para-hydroxylation sites is 1. The maximum Gasteiger partial charge on any atom is 0.152 e. The van der Waals surface area contributed by atoms with Crippen LogP contribution in [-0.4, -0.2) is 11.5 Å². The summed E-state index contributed by atoms with van der Waals surface area (Å²) in [6.07, 6.45) is 4.11. The van der Waals surface area contributed by atoms with Crippen LogP contribution in [0.3, 0.4) is 0 Å². The van der Waals surface area contributed by atoms with Crippen LogP contribution in [-0.2, 0) is 0 Å². The normalized spacial score (nSPS) is 12.0. The van der Waals surface area contributed by atoms with Gasteiger partial charge in [0.2, 0.25) is 0 Å². The molecular weight excluding hydrogens is 741 g/mol. The molecule has 0 saturated heterocycles. The summed E-state index contributed by atoms with van der Waals surface area (Å²) in [6, 6.07) is 74.3. The molecule has 0 unspecified atom stereocenters. The highest BCUT2D eigenvalue weighted by molar-refractivity contribution is 6.28. The van der Waals surface area contributed by atoms with Gasteiger partial charge in [0.25, 0.3) is 0 Å². The summed E-state index contributed by atoms with van der Waals surface area (Å²) in [5.74, 6) is 0.208. The van der Waals surface area contributed by atoms with Crippen molar-refractivity contribution in [3.05, 3.63) is 235 Å². The minimum atomic E-state index is 0.208. The van der Waals surface area contributed by atoms with E-state index in [0.29, 0.717) is 5.71 Å². The molecule has 286 valence electrons. The largest absolute Gasteiger partial charge is 0.456 e. The first-order valence-corrected chi connectivity index (χ1v) is 20.6. The van der Waals surface area contributed by atoms with Crippen LogP contribution in [0.1, 0.15) is 16.7 Å². The zero-order valence-electron chi connectivity index (χ0n) is 33.2. The Balaban J connectivity index is 0.978. The first-order chi connectivity index (χ1) is 30.2. The molecule has 0 fully saturated rings. The van der Waals surface area contributed by atoms with Crippen LogP contribution in [0.5, 0.6) is 0 Å². The van der Waals surface area contributed by atoms with Crippen molar-refractivity contribution in [3.63, 3.8) is 0 Å². The van der Waals surface area contributed by atoms with Gasteiger partial charge in [-0.1, -0.05) is 200 Å². The van der Waals surface area contributed by atoms with E-state index in [-0.39, 0.29) is 5.84 Å². The number of rotatable bonds is 7. The zero-order chi connectivity index (χ0) is 40.7. The van der Waals surface area contributed by atoms with Crippen LogP contribution in [0, 0.1) is 5.41 Å². The van der Waals surface area contributed by atoms with E-state index in [9.17, 15) is 0 Å². The molecule has 0 aliphatic carbocycles. The molecule has 0 atom stereocenters. The van der Waals surface area contributed by atoms with Gasteiger partial charge in [-0.2, -0.15) is 0 Å². The summed E-state index contributed by atoms with van der Waals surface area (Å²) in [4.78, 5) is 4.89. The molecule has 0 amide bonds. The van der Waals surface area contributed by atoms with Crippen molar-refractivity contribution in [2.45, 2.75) is 0 Å². The predicted octanol–water partition coefficient (Wildman–Crippen LogP) is 15.6. The van der Waals surface area contributed by atoms with E-state index in [1.54, 1.807) is 0 Å². The molecule has 11 aromatic rings. The van der Waals surface area contributed by atoms with E-state index in [0.717, 1.165) is 55.3 Å². The third kappa shape index (κ3) is 6.59. The summed E-state index contributed by atoms with van der Waals surface area (Å²) in [6.45, 7) is 0. The predicted molar refractivity (Wildman–Crippen MR) is 258 cm³/mol. The molecule has 0 spiro atoms. The topological polar surface area (TPSA) is 49.4 Å². The Morgan fingerprint density at radius 1 is 0.410 bits per heavy atom. The number of amidine groups is 1. The molecule has 11 rings (SSSR count). The number of nitrogens with zero attached hydrogens (tertiary/aromatic N) is 1. The second-order valence-corrected chi connectivity index (χ2v) is 15.4. The standard InChI is InChI=1S/C58H38N2O/c59-58(44-16-5-2-6-17-44)60-52(41-30-28-39(29-31-41)45-33-34-48-47-19-11-12-22-53(47)61-54(48)37-45)36-25-38-23-26-43(27-24-38)56-50-21-10-9-20-49(50)55(42-14-3-1-4-15-42)51-35-32-40-13-7-8-18-46(40)57(51)56/h1-37,59H/b36-25+,59-58?,60-52?. The molecule has 3 heteroatoms. The van der Waals surface area contributed by atoms with Crippen molar-refractivity contribution >= 4 is 71.9 Å². The Kier molecular flexibility index (Phi) is 8.98. The van der Waals surface area contributed by atoms with E-state index in [4.69, 9.17) is 14.8 Å². The van der Waals surface area contributed by atoms with E-state index >= 15 is 0 Å². The van der Waals surface area contributed by atoms with E-state index in [2.05, 4.69) is 170 Å². The van der Waals surface area contributed by atoms with Gasteiger partial charge in [-0.15, -0.1) is 0 Å². The number of fused-ring (bicyclic) bond motifs is 7. The van der Waals surface area contributed by atoms with Crippen LogP contribution in [0.15, 0.2) is 228 Å². The summed E-state index contributed by atoms with van der Waals surface area (Å²) in [5, 5.41) is 18.6. The highest BCUT2D eigenvalue weighted by Crippen LogP contribution is 2.46. The highest BCUT2D eigenvalue weighted by atomic mass is 16.3. The van der Waals surface area contributed by atoms with Gasteiger partial charge >= 0.3 is 0 Å². The van der Waals surface area contributed by atoms with Gasteiger partial charge in [0.1, 0.15) is 11.2 Å². The molecule has 0 aliphatic heterocycles. The van der Waals surface area contributed by atoms with E-state index in [1.807, 2.05) is 54.6 Å². The third-order valence-electron chi connectivity index (χ3n) is 11.8. The first kappa shape index (κ1) is 36.0. The molecule has 0 radical (unpaired) electrons. The Morgan fingerprint density at radius 3 is 1.75 bits per heavy atom. The highest BCUT2D eigenvalue weighted by Gasteiger charge is 2.18. The number of aliphatic imine (C=N–C) groups is 1. The second-order valence-electron chi connectivity index (χ2n) is 15.4. The fourth-order valence-corrected chi connectivity index (χ4v) is 8.82. The summed E-state index contributed by atoms with van der Waals surface area (Å²) in [7, 11) is 0. The van der Waals surface area contributed by atoms with Crippen molar-refractivity contribution < 1.29 is 4.42 Å². The monoisotopic (exact) mass is 778 g/mol. The maximum absolute atomic E-state index is 8.94. The number of allylic oxidation sites excluding steroid dienone is 1. The van der Waals surface area contributed by atoms with E-state index in [1.165, 1.54) is 49.0 Å². The lowest BCUT2D eigenvalue weighted by atomic mass is 9.84. The third-order valence-corrected chi connectivity index (χ3v) is 11.8. The molecule has 1 N–H and O–H groups in total. The SMILES string of the molecule is N=C(N=C(/C=C/c1ccc(-c2c3ccccc3c(-c3ccccc3)c3ccc4ccccc4c23)cc1)c1ccc(-c2ccc3c(c2)oc2ccccc23)cc1)c1ccccc1. The number of benzene rings is 10. The van der Waals surface area contributed by atoms with Crippen molar-refractivity contribution in [1.29, 1.82) is 5.41 Å². The average Bonchev–Trinajstić information content (AvgIpc) is 3.71. The molecule has 0 bridgehead atoms. The minimum absolute atomic E-state index is 0.208. The van der Waals surface area contributed by atoms with Crippen LogP contribution in [0.2, 0.25) is 0 Å². The molecule has 61 heavy (non-hydrogen) atoms. The van der Waals surface area contributed by atoms with Gasteiger partial charge in [0.15, 0.2) is 5.84 Å². The number of furan rings is 1.